The Labute approximate surface area is 166 Å². The number of thiophene rings is 1. The van der Waals surface area contributed by atoms with Gasteiger partial charge in [-0.3, -0.25) is 4.79 Å². The molecule has 6 heteroatoms. The number of aromatic nitrogens is 1. The van der Waals surface area contributed by atoms with Gasteiger partial charge in [0.25, 0.3) is 5.91 Å². The molecule has 0 spiro atoms. The fourth-order valence-electron chi connectivity index (χ4n) is 4.40. The van der Waals surface area contributed by atoms with Crippen molar-refractivity contribution in [3.05, 3.63) is 23.3 Å². The Kier molecular flexibility index (Phi) is 6.15. The second kappa shape index (κ2) is 8.76. The minimum absolute atomic E-state index is 0.0828. The summed E-state index contributed by atoms with van der Waals surface area (Å²) in [6.07, 6.45) is 10.8. The van der Waals surface area contributed by atoms with E-state index in [1.54, 1.807) is 11.3 Å². The molecule has 2 aliphatic rings. The first-order valence-electron chi connectivity index (χ1n) is 10.6. The number of likely N-dealkylation sites (N-methyl/N-ethyl adjacent to an activating group) is 1. The van der Waals surface area contributed by atoms with Crippen molar-refractivity contribution in [1.82, 2.24) is 19.7 Å². The van der Waals surface area contributed by atoms with E-state index in [0.717, 1.165) is 44.0 Å². The number of piperazine rings is 1. The van der Waals surface area contributed by atoms with E-state index in [1.807, 2.05) is 0 Å². The van der Waals surface area contributed by atoms with Crippen molar-refractivity contribution >= 4 is 27.3 Å². The van der Waals surface area contributed by atoms with Crippen LogP contribution in [0.5, 0.6) is 0 Å². The zero-order valence-corrected chi connectivity index (χ0v) is 17.3. The Morgan fingerprint density at radius 2 is 1.89 bits per heavy atom. The number of hydrogen-bond acceptors (Lipinski definition) is 4. The van der Waals surface area contributed by atoms with Gasteiger partial charge in [0.2, 0.25) is 0 Å². The van der Waals surface area contributed by atoms with Crippen LogP contribution in [0.1, 0.15) is 54.7 Å². The van der Waals surface area contributed by atoms with E-state index in [9.17, 15) is 4.79 Å². The van der Waals surface area contributed by atoms with Gasteiger partial charge in [0, 0.05) is 56.5 Å². The highest BCUT2D eigenvalue weighted by atomic mass is 32.1. The monoisotopic (exact) mass is 388 g/mol. The lowest BCUT2D eigenvalue weighted by molar-refractivity contribution is 0.0952. The summed E-state index contributed by atoms with van der Waals surface area (Å²) in [6, 6.07) is 2.73. The Balaban J connectivity index is 1.22. The second-order valence-electron chi connectivity index (χ2n) is 7.96. The molecule has 5 nitrogen and oxygen atoms in total. The van der Waals surface area contributed by atoms with Crippen molar-refractivity contribution in [2.75, 3.05) is 45.8 Å². The van der Waals surface area contributed by atoms with Crippen molar-refractivity contribution in [3.63, 3.8) is 0 Å². The molecule has 1 saturated heterocycles. The summed E-state index contributed by atoms with van der Waals surface area (Å²) in [5.74, 6) is 0.0828. The molecule has 0 atom stereocenters. The Morgan fingerprint density at radius 1 is 1.15 bits per heavy atom. The predicted octanol–water partition coefficient (Wildman–Crippen LogP) is 3.58. The summed E-state index contributed by atoms with van der Waals surface area (Å²) < 4.78 is 3.61. The van der Waals surface area contributed by atoms with E-state index < -0.39 is 0 Å². The van der Waals surface area contributed by atoms with Crippen LogP contribution in [0.4, 0.5) is 0 Å². The minimum atomic E-state index is 0.0828. The zero-order valence-electron chi connectivity index (χ0n) is 16.5. The first-order chi connectivity index (χ1) is 13.2. The fourth-order valence-corrected chi connectivity index (χ4v) is 5.39. The number of amides is 1. The van der Waals surface area contributed by atoms with Crippen molar-refractivity contribution in [2.24, 2.45) is 0 Å². The van der Waals surface area contributed by atoms with E-state index in [-0.39, 0.29) is 5.91 Å². The summed E-state index contributed by atoms with van der Waals surface area (Å²) >= 11 is 1.63. The van der Waals surface area contributed by atoms with Gasteiger partial charge in [0.05, 0.1) is 9.58 Å². The molecule has 2 aromatic heterocycles. The fraction of sp³-hybridized carbons (Fsp3) is 0.667. The molecular formula is C21H32N4OS. The molecule has 2 aromatic rings. The SMILES string of the molecule is CCN1CCN(CCCNC(=O)c2cc3cn(C4CCCC4)cc3s2)CC1. The lowest BCUT2D eigenvalue weighted by atomic mass is 10.2. The van der Waals surface area contributed by atoms with Crippen LogP contribution in [0, 0.1) is 0 Å². The molecule has 4 rings (SSSR count). The third-order valence-corrected chi connectivity index (χ3v) is 7.25. The number of hydrogen-bond donors (Lipinski definition) is 1. The number of carbonyl (C=O) groups is 1. The average molecular weight is 389 g/mol. The van der Waals surface area contributed by atoms with Gasteiger partial charge in [0.1, 0.15) is 0 Å². The molecule has 2 fully saturated rings. The van der Waals surface area contributed by atoms with Gasteiger partial charge in [-0.25, -0.2) is 0 Å². The number of nitrogens with zero attached hydrogens (tertiary/aromatic N) is 3. The highest BCUT2D eigenvalue weighted by molar-refractivity contribution is 7.20. The van der Waals surface area contributed by atoms with Crippen LogP contribution in [0.15, 0.2) is 18.5 Å². The van der Waals surface area contributed by atoms with Gasteiger partial charge in [-0.2, -0.15) is 0 Å². The van der Waals surface area contributed by atoms with Gasteiger partial charge >= 0.3 is 0 Å². The van der Waals surface area contributed by atoms with Crippen LogP contribution in [0.3, 0.4) is 0 Å². The minimum Gasteiger partial charge on any atom is -0.351 e. The average Bonchev–Trinajstić information content (AvgIpc) is 3.41. The van der Waals surface area contributed by atoms with Crippen LogP contribution >= 0.6 is 11.3 Å². The molecule has 27 heavy (non-hydrogen) atoms. The third-order valence-electron chi connectivity index (χ3n) is 6.16. The van der Waals surface area contributed by atoms with E-state index in [4.69, 9.17) is 0 Å². The normalized spacial score (nSPS) is 19.9. The molecule has 148 valence electrons. The molecule has 1 saturated carbocycles. The van der Waals surface area contributed by atoms with Crippen LogP contribution in [-0.2, 0) is 0 Å². The maximum Gasteiger partial charge on any atom is 0.261 e. The van der Waals surface area contributed by atoms with Crippen molar-refractivity contribution in [2.45, 2.75) is 45.1 Å². The molecule has 0 unspecified atom stereocenters. The molecule has 1 aliphatic heterocycles. The van der Waals surface area contributed by atoms with Crippen molar-refractivity contribution < 1.29 is 4.79 Å². The first kappa shape index (κ1) is 19.0. The molecule has 0 bridgehead atoms. The van der Waals surface area contributed by atoms with E-state index in [0.29, 0.717) is 6.04 Å². The standard InChI is InChI=1S/C21H32N4OS/c1-2-23-10-12-24(13-11-23)9-5-8-22-21(26)19-14-17-15-25(16-20(17)27-19)18-6-3-4-7-18/h14-16,18H,2-13H2,1H3,(H,22,26). The maximum atomic E-state index is 12.5. The summed E-state index contributed by atoms with van der Waals surface area (Å²) in [5.41, 5.74) is 0. The number of rotatable bonds is 7. The zero-order chi connectivity index (χ0) is 18.6. The quantitative estimate of drug-likeness (QED) is 0.737. The molecule has 0 radical (unpaired) electrons. The molecule has 3 heterocycles. The lowest BCUT2D eigenvalue weighted by Crippen LogP contribution is -2.46. The van der Waals surface area contributed by atoms with Crippen LogP contribution in [-0.4, -0.2) is 66.1 Å². The molecule has 1 aliphatic carbocycles. The maximum absolute atomic E-state index is 12.5. The van der Waals surface area contributed by atoms with Crippen molar-refractivity contribution in [1.29, 1.82) is 0 Å². The third kappa shape index (κ3) is 4.55. The number of carbonyl (C=O) groups excluding carboxylic acids is 1. The van der Waals surface area contributed by atoms with E-state index in [2.05, 4.69) is 45.1 Å². The number of fused-ring (bicyclic) bond motifs is 1. The smallest absolute Gasteiger partial charge is 0.261 e. The topological polar surface area (TPSA) is 40.5 Å². The largest absolute Gasteiger partial charge is 0.351 e. The van der Waals surface area contributed by atoms with E-state index in [1.165, 1.54) is 48.9 Å². The predicted molar refractivity (Wildman–Crippen MR) is 113 cm³/mol. The second-order valence-corrected chi connectivity index (χ2v) is 9.04. The highest BCUT2D eigenvalue weighted by Gasteiger charge is 2.19. The molecule has 1 amide bonds. The lowest BCUT2D eigenvalue weighted by Gasteiger charge is -2.33. The molecular weight excluding hydrogens is 356 g/mol. The highest BCUT2D eigenvalue weighted by Crippen LogP contribution is 2.34. The Bertz CT molecular complexity index is 722. The van der Waals surface area contributed by atoms with Crippen LogP contribution < -0.4 is 5.32 Å². The molecule has 0 aromatic carbocycles. The van der Waals surface area contributed by atoms with Gasteiger partial charge in [-0.15, -0.1) is 11.3 Å². The summed E-state index contributed by atoms with van der Waals surface area (Å²) in [4.78, 5) is 18.3. The Hall–Kier alpha value is -1.37. The van der Waals surface area contributed by atoms with Crippen molar-refractivity contribution in [3.8, 4) is 0 Å². The first-order valence-corrected chi connectivity index (χ1v) is 11.4. The van der Waals surface area contributed by atoms with Gasteiger partial charge < -0.3 is 19.7 Å². The molecule has 1 N–H and O–H groups in total. The summed E-state index contributed by atoms with van der Waals surface area (Å²) in [7, 11) is 0. The van der Waals surface area contributed by atoms with Gasteiger partial charge in [-0.05, 0) is 38.4 Å². The number of nitrogens with one attached hydrogen (secondary N) is 1. The summed E-state index contributed by atoms with van der Waals surface area (Å²) in [5, 5.41) is 4.32. The Morgan fingerprint density at radius 3 is 2.59 bits per heavy atom. The van der Waals surface area contributed by atoms with E-state index >= 15 is 0 Å². The van der Waals surface area contributed by atoms with Gasteiger partial charge in [-0.1, -0.05) is 19.8 Å². The summed E-state index contributed by atoms with van der Waals surface area (Å²) in [6.45, 7) is 9.89. The van der Waals surface area contributed by atoms with Crippen LogP contribution in [0.25, 0.3) is 10.1 Å². The van der Waals surface area contributed by atoms with Gasteiger partial charge in [0.15, 0.2) is 0 Å². The van der Waals surface area contributed by atoms with Crippen LogP contribution in [0.2, 0.25) is 0 Å².